The molecule has 0 fully saturated rings. The van der Waals surface area contributed by atoms with Crippen molar-refractivity contribution in [2.75, 3.05) is 0 Å². The van der Waals surface area contributed by atoms with Crippen molar-refractivity contribution >= 4 is 8.56 Å². The largest absolute Gasteiger partial charge is 0.460 e. The van der Waals surface area contributed by atoms with Gasteiger partial charge in [0.2, 0.25) is 0 Å². The summed E-state index contributed by atoms with van der Waals surface area (Å²) in [5.41, 5.74) is 0. The van der Waals surface area contributed by atoms with E-state index in [1.807, 2.05) is 0 Å². The molecule has 17 heteroatoms. The molecule has 6 N–H and O–H groups in total. The van der Waals surface area contributed by atoms with E-state index < -0.39 is 63.6 Å². The summed E-state index contributed by atoms with van der Waals surface area (Å²) in [7, 11) is -3.34. The van der Waals surface area contributed by atoms with Gasteiger partial charge in [-0.2, -0.15) is 57.1 Å². The molecule has 0 saturated heterocycles. The van der Waals surface area contributed by atoms with Gasteiger partial charge in [-0.1, -0.05) is 6.42 Å². The normalized spacial score (nSPS) is 16.0. The van der Waals surface area contributed by atoms with Crippen LogP contribution >= 0.6 is 0 Å². The molecular formula is C10H14F13N3Si. The van der Waals surface area contributed by atoms with Crippen molar-refractivity contribution in [3.05, 3.63) is 0 Å². The molecule has 3 nitrogen and oxygen atoms in total. The smallest absolute Gasteiger partial charge is 0.327 e. The van der Waals surface area contributed by atoms with E-state index in [-0.39, 0.29) is 6.04 Å². The lowest BCUT2D eigenvalue weighted by atomic mass is 9.92. The van der Waals surface area contributed by atoms with Crippen LogP contribution in [0.2, 0.25) is 6.04 Å². The lowest BCUT2D eigenvalue weighted by Gasteiger charge is -2.39. The Balaban J connectivity index is 5.68. The first-order valence-corrected chi connectivity index (χ1v) is 9.22. The fourth-order valence-corrected chi connectivity index (χ4v) is 2.60. The maximum absolute atomic E-state index is 13.4. The molecule has 0 unspecified atom stereocenters. The number of hydrogen-bond donors (Lipinski definition) is 3. The zero-order valence-corrected chi connectivity index (χ0v) is 14.0. The summed E-state index contributed by atoms with van der Waals surface area (Å²) in [5.74, 6) is -36.7. The summed E-state index contributed by atoms with van der Waals surface area (Å²) in [6, 6.07) is -0.382. The molecule has 0 aliphatic rings. The van der Waals surface area contributed by atoms with Crippen LogP contribution in [0.4, 0.5) is 57.1 Å². The average molecular weight is 451 g/mol. The average Bonchev–Trinajstić information content (AvgIpc) is 2.40. The monoisotopic (exact) mass is 451 g/mol. The van der Waals surface area contributed by atoms with Crippen LogP contribution in [0.15, 0.2) is 0 Å². The van der Waals surface area contributed by atoms with E-state index >= 15 is 0 Å². The third-order valence-corrected chi connectivity index (χ3v) is 4.57. The van der Waals surface area contributed by atoms with Gasteiger partial charge in [-0.3, -0.25) is 0 Å². The minimum absolute atomic E-state index is 0.382. The van der Waals surface area contributed by atoms with Crippen LogP contribution in [0.1, 0.15) is 19.3 Å². The summed E-state index contributed by atoms with van der Waals surface area (Å²) < 4.78 is 166. The van der Waals surface area contributed by atoms with Crippen molar-refractivity contribution in [2.24, 2.45) is 16.2 Å². The third kappa shape index (κ3) is 4.79. The first-order chi connectivity index (χ1) is 11.5. The Bertz CT molecular complexity index is 511. The summed E-state index contributed by atoms with van der Waals surface area (Å²) in [6.07, 6.45) is -11.3. The molecule has 0 amide bonds. The number of hydrogen-bond acceptors (Lipinski definition) is 3. The van der Waals surface area contributed by atoms with Gasteiger partial charge in [0.15, 0.2) is 0 Å². The molecule has 0 radical (unpaired) electrons. The van der Waals surface area contributed by atoms with Crippen molar-refractivity contribution in [2.45, 2.75) is 61.1 Å². The first kappa shape index (κ1) is 26.2. The second kappa shape index (κ2) is 7.22. The predicted octanol–water partition coefficient (Wildman–Crippen LogP) is 3.71. The van der Waals surface area contributed by atoms with Crippen LogP contribution in [-0.4, -0.2) is 44.3 Å². The number of alkyl halides is 13. The summed E-state index contributed by atoms with van der Waals surface area (Å²) in [4.78, 5) is 0. The second-order valence-electron chi connectivity index (χ2n) is 5.82. The highest BCUT2D eigenvalue weighted by Crippen LogP contribution is 2.60. The van der Waals surface area contributed by atoms with E-state index in [1.54, 1.807) is 0 Å². The molecule has 0 spiro atoms. The van der Waals surface area contributed by atoms with E-state index in [9.17, 15) is 57.1 Å². The fraction of sp³-hybridized carbons (Fsp3) is 1.00. The minimum atomic E-state index is -7.88. The second-order valence-corrected chi connectivity index (χ2v) is 8.54. The van der Waals surface area contributed by atoms with E-state index in [0.29, 0.717) is 0 Å². The van der Waals surface area contributed by atoms with Gasteiger partial charge < -0.3 is 16.2 Å². The van der Waals surface area contributed by atoms with Gasteiger partial charge in [0.25, 0.3) is 8.56 Å². The van der Waals surface area contributed by atoms with E-state index in [0.717, 1.165) is 0 Å². The van der Waals surface area contributed by atoms with Gasteiger partial charge >= 0.3 is 35.8 Å². The predicted molar refractivity (Wildman–Crippen MR) is 67.8 cm³/mol. The fourth-order valence-electron chi connectivity index (χ4n) is 1.74. The molecule has 0 aromatic heterocycles. The summed E-state index contributed by atoms with van der Waals surface area (Å²) in [6.45, 7) is 0. The molecular weight excluding hydrogens is 437 g/mol. The number of nitrogens with two attached hydrogens (primary N) is 3. The number of rotatable bonds is 9. The zero-order valence-electron chi connectivity index (χ0n) is 13.0. The highest BCUT2D eigenvalue weighted by Gasteiger charge is 2.90. The van der Waals surface area contributed by atoms with Crippen LogP contribution in [0.5, 0.6) is 0 Å². The Morgan fingerprint density at radius 2 is 0.889 bits per heavy atom. The molecule has 0 bridgehead atoms. The Labute approximate surface area is 144 Å². The van der Waals surface area contributed by atoms with Crippen LogP contribution in [0, 0.1) is 0 Å². The van der Waals surface area contributed by atoms with Crippen LogP contribution in [-0.2, 0) is 0 Å². The molecule has 0 rings (SSSR count). The topological polar surface area (TPSA) is 78.1 Å². The summed E-state index contributed by atoms with van der Waals surface area (Å²) >= 11 is 0. The van der Waals surface area contributed by atoms with Gasteiger partial charge in [-0.25, -0.2) is 0 Å². The van der Waals surface area contributed by atoms with Crippen LogP contribution in [0.3, 0.4) is 0 Å². The molecule has 0 atom stereocenters. The highest BCUT2D eigenvalue weighted by atomic mass is 28.4. The molecule has 164 valence electrons. The molecule has 0 aliphatic heterocycles. The minimum Gasteiger partial charge on any atom is -0.327 e. The van der Waals surface area contributed by atoms with E-state index in [2.05, 4.69) is 0 Å². The molecule has 0 heterocycles. The molecule has 0 aromatic rings. The van der Waals surface area contributed by atoms with Crippen molar-refractivity contribution in [3.63, 3.8) is 0 Å². The lowest BCUT2D eigenvalue weighted by molar-refractivity contribution is -0.440. The Morgan fingerprint density at radius 3 is 1.22 bits per heavy atom. The van der Waals surface area contributed by atoms with Gasteiger partial charge in [-0.15, -0.1) is 0 Å². The van der Waals surface area contributed by atoms with Crippen LogP contribution < -0.4 is 16.2 Å². The van der Waals surface area contributed by atoms with Crippen molar-refractivity contribution in [3.8, 4) is 0 Å². The summed E-state index contributed by atoms with van der Waals surface area (Å²) in [5, 5.41) is 15.4. The molecule has 0 aliphatic carbocycles. The number of halogens is 13. The van der Waals surface area contributed by atoms with Crippen molar-refractivity contribution in [1.29, 1.82) is 0 Å². The van der Waals surface area contributed by atoms with Gasteiger partial charge in [-0.05, 0) is 12.5 Å². The van der Waals surface area contributed by atoms with Crippen LogP contribution in [0.25, 0.3) is 0 Å². The van der Waals surface area contributed by atoms with E-state index in [1.165, 1.54) is 0 Å². The maximum atomic E-state index is 13.4. The molecule has 0 aromatic carbocycles. The van der Waals surface area contributed by atoms with Gasteiger partial charge in [0.05, 0.1) is 0 Å². The Kier molecular flexibility index (Phi) is 7.00. The zero-order chi connectivity index (χ0) is 22.3. The number of unbranched alkanes of at least 4 members (excludes halogenated alkanes) is 1. The highest BCUT2D eigenvalue weighted by molar-refractivity contribution is 6.70. The quantitative estimate of drug-likeness (QED) is 0.284. The van der Waals surface area contributed by atoms with Crippen molar-refractivity contribution in [1.82, 2.24) is 0 Å². The lowest BCUT2D eigenvalue weighted by Crippen LogP contribution is -2.70. The molecule has 0 saturated carbocycles. The van der Waals surface area contributed by atoms with Gasteiger partial charge in [0, 0.05) is 6.42 Å². The van der Waals surface area contributed by atoms with E-state index in [4.69, 9.17) is 16.2 Å². The van der Waals surface area contributed by atoms with Gasteiger partial charge in [0.1, 0.15) is 0 Å². The molecule has 27 heavy (non-hydrogen) atoms. The SMILES string of the molecule is N[Si](N)(N)CCCCC(F)(F)C(F)(F)C(F)(F)C(F)(F)C(F)(F)C(F)(F)F. The third-order valence-electron chi connectivity index (χ3n) is 3.35. The maximum Gasteiger partial charge on any atom is 0.460 e. The first-order valence-electron chi connectivity index (χ1n) is 6.78. The standard InChI is InChI=1S/C10H14F13N3Si/c11-5(12,3-1-2-4-27(24,25)26)6(13,14)7(15,16)8(17,18)9(19,20)10(21,22)23/h1-4,24-26H2. The Hall–Kier alpha value is -0.813. The van der Waals surface area contributed by atoms with Crippen molar-refractivity contribution < 1.29 is 57.1 Å². The Morgan fingerprint density at radius 1 is 0.519 bits per heavy atom.